The van der Waals surface area contributed by atoms with E-state index in [1.165, 1.54) is 24.8 Å². The van der Waals surface area contributed by atoms with Gasteiger partial charge in [-0.1, -0.05) is 45.4 Å². The van der Waals surface area contributed by atoms with Gasteiger partial charge >= 0.3 is 0 Å². The minimum absolute atomic E-state index is 0.643. The van der Waals surface area contributed by atoms with Crippen molar-refractivity contribution in [3.05, 3.63) is 29.8 Å². The summed E-state index contributed by atoms with van der Waals surface area (Å²) in [6, 6.07) is 8.92. The van der Waals surface area contributed by atoms with Crippen LogP contribution in [0.5, 0.6) is 5.75 Å². The number of para-hydroxylation sites is 1. The van der Waals surface area contributed by atoms with Crippen LogP contribution in [0.4, 0.5) is 0 Å². The molecule has 1 aromatic rings. The molecule has 1 aromatic carbocycles. The molecule has 2 heteroatoms. The summed E-state index contributed by atoms with van der Waals surface area (Å²) in [6.45, 7) is 7.90. The van der Waals surface area contributed by atoms with Gasteiger partial charge in [0.25, 0.3) is 0 Å². The first kappa shape index (κ1) is 16.0. The number of methoxy groups -OCH3 is 1. The molecule has 0 fully saturated rings. The van der Waals surface area contributed by atoms with Crippen LogP contribution in [0.25, 0.3) is 0 Å². The lowest BCUT2D eigenvalue weighted by Crippen LogP contribution is -2.31. The Morgan fingerprint density at radius 1 is 1.16 bits per heavy atom. The van der Waals surface area contributed by atoms with Crippen LogP contribution in [0.3, 0.4) is 0 Å². The van der Waals surface area contributed by atoms with Crippen LogP contribution in [0, 0.1) is 5.92 Å². The maximum absolute atomic E-state index is 5.38. The van der Waals surface area contributed by atoms with Crippen LogP contribution in [0.2, 0.25) is 0 Å². The Labute approximate surface area is 118 Å². The second-order valence-corrected chi connectivity index (χ2v) is 5.37. The van der Waals surface area contributed by atoms with E-state index in [9.17, 15) is 0 Å². The van der Waals surface area contributed by atoms with E-state index >= 15 is 0 Å². The highest BCUT2D eigenvalue weighted by molar-refractivity contribution is 5.33. The Balaban J connectivity index is 2.39. The molecule has 0 spiro atoms. The normalized spacial score (nSPS) is 14.1. The van der Waals surface area contributed by atoms with Crippen LogP contribution in [0.1, 0.15) is 45.6 Å². The zero-order chi connectivity index (χ0) is 14.1. The van der Waals surface area contributed by atoms with Crippen LogP contribution in [-0.4, -0.2) is 19.7 Å². The van der Waals surface area contributed by atoms with Crippen LogP contribution < -0.4 is 10.1 Å². The van der Waals surface area contributed by atoms with Crippen molar-refractivity contribution in [1.82, 2.24) is 5.32 Å². The van der Waals surface area contributed by atoms with Gasteiger partial charge in [0.15, 0.2) is 0 Å². The first-order valence-electron chi connectivity index (χ1n) is 7.56. The third-order valence-electron chi connectivity index (χ3n) is 3.90. The standard InChI is InChI=1S/C17H29NO/c1-5-14(3)13-16(6-2)18-12-11-15-9-7-8-10-17(15)19-4/h7-10,14,16,18H,5-6,11-13H2,1-4H3. The Hall–Kier alpha value is -1.02. The molecule has 0 radical (unpaired) electrons. The van der Waals surface area contributed by atoms with Crippen molar-refractivity contribution in [3.63, 3.8) is 0 Å². The zero-order valence-electron chi connectivity index (χ0n) is 12.9. The second-order valence-electron chi connectivity index (χ2n) is 5.37. The third-order valence-corrected chi connectivity index (χ3v) is 3.90. The number of hydrogen-bond acceptors (Lipinski definition) is 2. The summed E-state index contributed by atoms with van der Waals surface area (Å²) in [7, 11) is 1.74. The minimum atomic E-state index is 0.643. The van der Waals surface area contributed by atoms with Gasteiger partial charge in [-0.3, -0.25) is 0 Å². The van der Waals surface area contributed by atoms with Gasteiger partial charge in [0, 0.05) is 6.04 Å². The molecular formula is C17H29NO. The smallest absolute Gasteiger partial charge is 0.122 e. The molecule has 19 heavy (non-hydrogen) atoms. The molecule has 108 valence electrons. The van der Waals surface area contributed by atoms with Gasteiger partial charge in [-0.2, -0.15) is 0 Å². The average molecular weight is 263 g/mol. The highest BCUT2D eigenvalue weighted by atomic mass is 16.5. The lowest BCUT2D eigenvalue weighted by molar-refractivity contribution is 0.383. The number of benzene rings is 1. The molecule has 1 N–H and O–H groups in total. The number of rotatable bonds is 9. The lowest BCUT2D eigenvalue weighted by Gasteiger charge is -2.20. The van der Waals surface area contributed by atoms with E-state index < -0.39 is 0 Å². The molecule has 0 saturated heterocycles. The van der Waals surface area contributed by atoms with Gasteiger partial charge < -0.3 is 10.1 Å². The summed E-state index contributed by atoms with van der Waals surface area (Å²) in [5.41, 5.74) is 1.29. The molecule has 2 nitrogen and oxygen atoms in total. The predicted molar refractivity (Wildman–Crippen MR) is 82.9 cm³/mol. The third kappa shape index (κ3) is 5.65. The summed E-state index contributed by atoms with van der Waals surface area (Å²) in [6.07, 6.45) is 4.78. The molecule has 0 saturated carbocycles. The molecule has 2 unspecified atom stereocenters. The zero-order valence-corrected chi connectivity index (χ0v) is 12.9. The quantitative estimate of drug-likeness (QED) is 0.726. The molecule has 0 bridgehead atoms. The maximum Gasteiger partial charge on any atom is 0.122 e. The fourth-order valence-corrected chi connectivity index (χ4v) is 2.37. The predicted octanol–water partition coefficient (Wildman–Crippen LogP) is 4.04. The van der Waals surface area contributed by atoms with E-state index in [-0.39, 0.29) is 0 Å². The van der Waals surface area contributed by atoms with E-state index in [4.69, 9.17) is 4.74 Å². The van der Waals surface area contributed by atoms with Gasteiger partial charge in [-0.05, 0) is 43.4 Å². The maximum atomic E-state index is 5.38. The summed E-state index contributed by atoms with van der Waals surface area (Å²) >= 11 is 0. The Bertz CT molecular complexity index is 351. The number of ether oxygens (including phenoxy) is 1. The molecular weight excluding hydrogens is 234 g/mol. The highest BCUT2D eigenvalue weighted by Crippen LogP contribution is 2.17. The van der Waals surface area contributed by atoms with E-state index in [2.05, 4.69) is 38.2 Å². The Kier molecular flexibility index (Phi) is 7.57. The lowest BCUT2D eigenvalue weighted by atomic mass is 9.97. The minimum Gasteiger partial charge on any atom is -0.496 e. The monoisotopic (exact) mass is 263 g/mol. The van der Waals surface area contributed by atoms with Gasteiger partial charge in [0.05, 0.1) is 7.11 Å². The summed E-state index contributed by atoms with van der Waals surface area (Å²) in [5, 5.41) is 3.68. The first-order chi connectivity index (χ1) is 9.21. The Morgan fingerprint density at radius 3 is 2.53 bits per heavy atom. The van der Waals surface area contributed by atoms with Gasteiger partial charge in [0.1, 0.15) is 5.75 Å². The molecule has 0 aliphatic rings. The van der Waals surface area contributed by atoms with Crippen molar-refractivity contribution in [2.75, 3.05) is 13.7 Å². The highest BCUT2D eigenvalue weighted by Gasteiger charge is 2.10. The van der Waals surface area contributed by atoms with E-state index in [0.717, 1.165) is 24.6 Å². The number of nitrogens with one attached hydrogen (secondary N) is 1. The summed E-state index contributed by atoms with van der Waals surface area (Å²) in [5.74, 6) is 1.81. The van der Waals surface area contributed by atoms with Gasteiger partial charge in [-0.15, -0.1) is 0 Å². The molecule has 0 aliphatic heterocycles. The van der Waals surface area contributed by atoms with Crippen molar-refractivity contribution in [3.8, 4) is 5.75 Å². The van der Waals surface area contributed by atoms with E-state index in [0.29, 0.717) is 6.04 Å². The van der Waals surface area contributed by atoms with Crippen LogP contribution in [0.15, 0.2) is 24.3 Å². The van der Waals surface area contributed by atoms with Gasteiger partial charge in [0.2, 0.25) is 0 Å². The second kappa shape index (κ2) is 8.98. The van der Waals surface area contributed by atoms with E-state index in [1.807, 2.05) is 12.1 Å². The largest absolute Gasteiger partial charge is 0.496 e. The van der Waals surface area contributed by atoms with Crippen molar-refractivity contribution < 1.29 is 4.74 Å². The first-order valence-corrected chi connectivity index (χ1v) is 7.56. The topological polar surface area (TPSA) is 21.3 Å². The van der Waals surface area contributed by atoms with Crippen molar-refractivity contribution in [1.29, 1.82) is 0 Å². The van der Waals surface area contributed by atoms with E-state index in [1.54, 1.807) is 7.11 Å². The van der Waals surface area contributed by atoms with Crippen LogP contribution in [-0.2, 0) is 6.42 Å². The molecule has 0 aromatic heterocycles. The fourth-order valence-electron chi connectivity index (χ4n) is 2.37. The molecule has 2 atom stereocenters. The number of hydrogen-bond donors (Lipinski definition) is 1. The summed E-state index contributed by atoms with van der Waals surface area (Å²) in [4.78, 5) is 0. The van der Waals surface area contributed by atoms with Crippen molar-refractivity contribution in [2.24, 2.45) is 5.92 Å². The molecule has 0 heterocycles. The van der Waals surface area contributed by atoms with Gasteiger partial charge in [-0.25, -0.2) is 0 Å². The molecule has 1 rings (SSSR count). The van der Waals surface area contributed by atoms with Crippen LogP contribution >= 0.6 is 0 Å². The fraction of sp³-hybridized carbons (Fsp3) is 0.647. The average Bonchev–Trinajstić information content (AvgIpc) is 2.46. The van der Waals surface area contributed by atoms with Crippen molar-refractivity contribution in [2.45, 2.75) is 52.5 Å². The Morgan fingerprint density at radius 2 is 1.89 bits per heavy atom. The summed E-state index contributed by atoms with van der Waals surface area (Å²) < 4.78 is 5.38. The van der Waals surface area contributed by atoms with Crippen molar-refractivity contribution >= 4 is 0 Å². The molecule has 0 amide bonds. The molecule has 0 aliphatic carbocycles. The SMILES string of the molecule is CCC(C)CC(CC)NCCc1ccccc1OC.